The second-order valence-electron chi connectivity index (χ2n) is 11.4. The summed E-state index contributed by atoms with van der Waals surface area (Å²) >= 11 is 5.08. The molecule has 6 atom stereocenters. The fourth-order valence-electron chi connectivity index (χ4n) is 4.87. The fourth-order valence-corrected chi connectivity index (χ4v) is 5.79. The second-order valence-corrected chi connectivity index (χ2v) is 13.2. The highest BCUT2D eigenvalue weighted by atomic mass is 32.1. The number of unbranched alkanes of at least 4 members (excludes halogenated alkanes) is 11. The molecule has 13 nitrogen and oxygen atoms in total. The highest BCUT2D eigenvalue weighted by molar-refractivity contribution is 7.71. The lowest BCUT2D eigenvalue weighted by atomic mass is 9.96. The van der Waals surface area contributed by atoms with E-state index in [0.717, 1.165) is 36.8 Å². The van der Waals surface area contributed by atoms with Crippen LogP contribution in [0.15, 0.2) is 17.1 Å². The summed E-state index contributed by atoms with van der Waals surface area (Å²) in [5.41, 5.74) is -2.68. The number of aromatic amines is 1. The first-order chi connectivity index (χ1) is 21.6. The molecule has 1 fully saturated rings. The topological polar surface area (TPSA) is 182 Å². The summed E-state index contributed by atoms with van der Waals surface area (Å²) < 4.78 is 51.1. The molecular formula is C29H52N3O10PS. The maximum absolute atomic E-state index is 12.7. The molecule has 44 heavy (non-hydrogen) atoms. The Hall–Kier alpha value is -1.48. The molecule has 1 aliphatic rings. The minimum atomic E-state index is -5.14. The standard InChI is InChI=1S/C29H52N3O10PS/c1-4-5-6-7-8-9-10-11-12-13-14-15-18-39-19-23(30-22(2)33)20-40-43(37,38)41-21-24-26(35)29(3,36)27(42-24)32-17-16-25(34)31-28(32)44/h16-17,23-24,26-27,35-36H,4-15,18-21H2,1-3H3,(H,30,33)(H,37,38)(H,31,34,44)/t23-,24+,26-,27+,29?/m0/s1/i21D2. The van der Waals surface area contributed by atoms with E-state index in [9.17, 15) is 29.3 Å². The first-order valence-corrected chi connectivity index (χ1v) is 17.4. The molecule has 254 valence electrons. The van der Waals surface area contributed by atoms with Gasteiger partial charge in [0, 0.05) is 25.8 Å². The molecule has 15 heteroatoms. The van der Waals surface area contributed by atoms with Gasteiger partial charge in [-0.05, 0) is 25.6 Å². The number of rotatable bonds is 23. The number of hydrogen-bond acceptors (Lipinski definition) is 10. The van der Waals surface area contributed by atoms with Crippen LogP contribution in [0.4, 0.5) is 0 Å². The van der Waals surface area contributed by atoms with Crippen LogP contribution in [0.5, 0.6) is 0 Å². The highest BCUT2D eigenvalue weighted by Crippen LogP contribution is 2.45. The largest absolute Gasteiger partial charge is 0.472 e. The molecule has 1 amide bonds. The third-order valence-electron chi connectivity index (χ3n) is 7.36. The summed E-state index contributed by atoms with van der Waals surface area (Å²) in [6, 6.07) is 0.259. The van der Waals surface area contributed by atoms with Gasteiger partial charge in [0.05, 0.1) is 28.6 Å². The van der Waals surface area contributed by atoms with Gasteiger partial charge < -0.3 is 29.9 Å². The predicted octanol–water partition coefficient (Wildman–Crippen LogP) is 4.27. The normalized spacial score (nSPS) is 24.8. The third kappa shape index (κ3) is 13.9. The number of aliphatic hydroxyl groups is 2. The molecule has 0 aromatic carbocycles. The van der Waals surface area contributed by atoms with Crippen molar-refractivity contribution in [2.24, 2.45) is 0 Å². The molecule has 5 N–H and O–H groups in total. The maximum Gasteiger partial charge on any atom is 0.472 e. The van der Waals surface area contributed by atoms with E-state index in [1.165, 1.54) is 70.9 Å². The summed E-state index contributed by atoms with van der Waals surface area (Å²) in [6.45, 7) is 1.36. The zero-order chi connectivity index (χ0) is 34.4. The number of phosphoric acid groups is 1. The van der Waals surface area contributed by atoms with Gasteiger partial charge in [-0.25, -0.2) is 4.57 Å². The number of ether oxygens (including phenoxy) is 2. The number of nitrogens with zero attached hydrogens (tertiary/aromatic N) is 1. The first kappa shape index (κ1) is 35.4. The van der Waals surface area contributed by atoms with Gasteiger partial charge in [-0.15, -0.1) is 0 Å². The molecule has 1 aromatic rings. The molecule has 0 saturated carbocycles. The fraction of sp³-hybridized carbons (Fsp3) is 0.828. The average Bonchev–Trinajstić information content (AvgIpc) is 3.20. The number of aliphatic hydroxyl groups excluding tert-OH is 1. The number of amides is 1. The van der Waals surface area contributed by atoms with Gasteiger partial charge in [-0.2, -0.15) is 0 Å². The number of nitrogens with one attached hydrogen (secondary N) is 2. The highest BCUT2D eigenvalue weighted by Gasteiger charge is 2.53. The smallest absolute Gasteiger partial charge is 0.387 e. The van der Waals surface area contributed by atoms with E-state index in [1.807, 2.05) is 0 Å². The Morgan fingerprint density at radius 1 is 1.16 bits per heavy atom. The summed E-state index contributed by atoms with van der Waals surface area (Å²) in [4.78, 5) is 35.9. The monoisotopic (exact) mass is 667 g/mol. The Labute approximate surface area is 268 Å². The maximum atomic E-state index is 12.7. The summed E-state index contributed by atoms with van der Waals surface area (Å²) in [6.07, 6.45) is 10.2. The molecule has 0 aliphatic carbocycles. The Balaban J connectivity index is 1.80. The van der Waals surface area contributed by atoms with Crippen LogP contribution in [0.25, 0.3) is 0 Å². The Morgan fingerprint density at radius 3 is 2.32 bits per heavy atom. The van der Waals surface area contributed by atoms with Crippen LogP contribution in [0.2, 0.25) is 0 Å². The van der Waals surface area contributed by atoms with Gasteiger partial charge in [0.15, 0.2) is 11.0 Å². The van der Waals surface area contributed by atoms with Crippen molar-refractivity contribution in [1.29, 1.82) is 0 Å². The minimum Gasteiger partial charge on any atom is -0.387 e. The molecule has 0 spiro atoms. The van der Waals surface area contributed by atoms with Crippen molar-refractivity contribution in [3.8, 4) is 0 Å². The van der Waals surface area contributed by atoms with Crippen molar-refractivity contribution in [3.63, 3.8) is 0 Å². The van der Waals surface area contributed by atoms with Gasteiger partial charge in [-0.3, -0.25) is 28.2 Å². The Kier molecular flexibility index (Phi) is 16.0. The van der Waals surface area contributed by atoms with Crippen molar-refractivity contribution < 1.29 is 45.7 Å². The van der Waals surface area contributed by atoms with E-state index in [1.54, 1.807) is 0 Å². The lowest BCUT2D eigenvalue weighted by Gasteiger charge is -2.28. The van der Waals surface area contributed by atoms with Gasteiger partial charge >= 0.3 is 7.82 Å². The Morgan fingerprint density at radius 2 is 1.75 bits per heavy atom. The van der Waals surface area contributed by atoms with E-state index in [0.29, 0.717) is 6.61 Å². The summed E-state index contributed by atoms with van der Waals surface area (Å²) in [7, 11) is -5.14. The van der Waals surface area contributed by atoms with Gasteiger partial charge in [0.1, 0.15) is 17.8 Å². The number of phosphoric ester groups is 1. The number of carbonyl (C=O) groups excluding carboxylic acids is 1. The first-order valence-electron chi connectivity index (χ1n) is 16.5. The summed E-state index contributed by atoms with van der Waals surface area (Å²) in [5, 5.41) is 24.2. The van der Waals surface area contributed by atoms with E-state index >= 15 is 0 Å². The second kappa shape index (κ2) is 19.9. The quantitative estimate of drug-likeness (QED) is 0.0639. The molecular weight excluding hydrogens is 613 g/mol. The van der Waals surface area contributed by atoms with Crippen LogP contribution in [-0.2, 0) is 27.9 Å². The van der Waals surface area contributed by atoms with Crippen LogP contribution in [0, 0.1) is 4.77 Å². The van der Waals surface area contributed by atoms with Crippen LogP contribution < -0.4 is 10.9 Å². The van der Waals surface area contributed by atoms with Crippen molar-refractivity contribution in [3.05, 3.63) is 27.4 Å². The molecule has 2 unspecified atom stereocenters. The number of hydrogen-bond donors (Lipinski definition) is 5. The zero-order valence-corrected chi connectivity index (χ0v) is 27.8. The molecule has 1 aliphatic heterocycles. The number of H-pyrrole nitrogens is 1. The molecule has 1 saturated heterocycles. The van der Waals surface area contributed by atoms with E-state index < -0.39 is 62.5 Å². The van der Waals surface area contributed by atoms with Gasteiger partial charge in [0.2, 0.25) is 5.91 Å². The van der Waals surface area contributed by atoms with Crippen LogP contribution in [-0.4, -0.2) is 80.8 Å². The molecule has 0 radical (unpaired) electrons. The zero-order valence-electron chi connectivity index (χ0n) is 28.1. The summed E-state index contributed by atoms with van der Waals surface area (Å²) in [5.74, 6) is -0.428. The lowest BCUT2D eigenvalue weighted by molar-refractivity contribution is -0.120. The van der Waals surface area contributed by atoms with E-state index in [4.69, 9.17) is 33.5 Å². The van der Waals surface area contributed by atoms with E-state index in [2.05, 4.69) is 17.2 Å². The Bertz CT molecular complexity index is 1230. The van der Waals surface area contributed by atoms with Crippen molar-refractivity contribution in [1.82, 2.24) is 14.9 Å². The van der Waals surface area contributed by atoms with Crippen LogP contribution >= 0.6 is 20.0 Å². The minimum absolute atomic E-state index is 0.0146. The molecule has 0 bridgehead atoms. The van der Waals surface area contributed by atoms with Crippen molar-refractivity contribution >= 4 is 25.9 Å². The molecule has 1 aromatic heterocycles. The van der Waals surface area contributed by atoms with E-state index in [-0.39, 0.29) is 11.4 Å². The third-order valence-corrected chi connectivity index (χ3v) is 8.48. The SMILES string of the molecule is [2H]C([2H])(OP(=O)(O)OC[C@H](COCCCCCCCCCCCCCC)NC(C)=O)[C@H]1O[C@@H](n2ccc(=O)[nH]c2=S)C(C)(O)[C@H]1O. The molecule has 2 heterocycles. The predicted molar refractivity (Wildman–Crippen MR) is 168 cm³/mol. The van der Waals surface area contributed by atoms with Crippen LogP contribution in [0.3, 0.4) is 0 Å². The lowest BCUT2D eigenvalue weighted by Crippen LogP contribution is -2.44. The van der Waals surface area contributed by atoms with Crippen LogP contribution in [0.1, 0.15) is 107 Å². The van der Waals surface area contributed by atoms with Crippen molar-refractivity contribution in [2.75, 3.05) is 26.4 Å². The average molecular weight is 668 g/mol. The van der Waals surface area contributed by atoms with Gasteiger partial charge in [-0.1, -0.05) is 77.6 Å². The number of aromatic nitrogens is 2. The molecule has 2 rings (SSSR count). The van der Waals surface area contributed by atoms with Gasteiger partial charge in [0.25, 0.3) is 5.56 Å². The van der Waals surface area contributed by atoms with Crippen molar-refractivity contribution in [2.45, 2.75) is 128 Å². The number of carbonyl (C=O) groups is 1.